The number of carboxylic acids is 7. The van der Waals surface area contributed by atoms with Gasteiger partial charge in [0.25, 0.3) is 0 Å². The molecule has 9 fully saturated rings. The number of nitrogens with two attached hydrogens (primary N) is 1. The zero-order valence-corrected chi connectivity index (χ0v) is 57.1. The van der Waals surface area contributed by atoms with Crippen LogP contribution >= 0.6 is 35.3 Å². The van der Waals surface area contributed by atoms with Gasteiger partial charge >= 0.3 is 41.8 Å². The maximum absolute atomic E-state index is 10.5. The zero-order valence-electron chi connectivity index (χ0n) is 54.7. The molecule has 0 aromatic carbocycles. The lowest BCUT2D eigenvalue weighted by atomic mass is 9.91. The van der Waals surface area contributed by atoms with E-state index < -0.39 is 60.0 Å². The van der Waals surface area contributed by atoms with E-state index in [0.29, 0.717) is 58.3 Å². The first-order chi connectivity index (χ1) is 42.1. The minimum Gasteiger partial charge on any atom is -0.481 e. The number of hydrogen-bond donors (Lipinski definition) is 9. The van der Waals surface area contributed by atoms with E-state index in [1.54, 1.807) is 0 Å². The molecular formula is C59H117N11O17S3. The van der Waals surface area contributed by atoms with Crippen LogP contribution in [0.4, 0.5) is 0 Å². The summed E-state index contributed by atoms with van der Waals surface area (Å²) in [6.07, 6.45) is 5.73. The highest BCUT2D eigenvalue weighted by molar-refractivity contribution is 8.01. The van der Waals surface area contributed by atoms with E-state index in [0.717, 1.165) is 122 Å². The van der Waals surface area contributed by atoms with Crippen molar-refractivity contribution in [1.29, 1.82) is 0 Å². The molecule has 9 saturated heterocycles. The summed E-state index contributed by atoms with van der Waals surface area (Å²) in [4.78, 5) is 92.1. The molecule has 0 aromatic rings. The van der Waals surface area contributed by atoms with Crippen molar-refractivity contribution >= 4 is 77.1 Å². The number of carbonyl (C=O) groups is 7. The third-order valence-corrected chi connectivity index (χ3v) is 18.9. The summed E-state index contributed by atoms with van der Waals surface area (Å²) in [7, 11) is 18.1. The molecule has 0 amide bonds. The quantitative estimate of drug-likeness (QED) is 0.152. The minimum atomic E-state index is -0.876. The van der Waals surface area contributed by atoms with Gasteiger partial charge in [0.2, 0.25) is 0 Å². The summed E-state index contributed by atoms with van der Waals surface area (Å²) < 4.78 is 15.2. The van der Waals surface area contributed by atoms with E-state index in [1.807, 2.05) is 57.0 Å². The summed E-state index contributed by atoms with van der Waals surface area (Å²) in [6, 6.07) is -1.05. The van der Waals surface area contributed by atoms with Crippen LogP contribution in [0.1, 0.15) is 52.4 Å². The Bertz CT molecular complexity index is 1750. The molecule has 90 heavy (non-hydrogen) atoms. The smallest absolute Gasteiger partial charge is 0.334 e. The van der Waals surface area contributed by atoms with Gasteiger partial charge in [-0.3, -0.25) is 24.0 Å². The van der Waals surface area contributed by atoms with Crippen LogP contribution in [0, 0.1) is 11.8 Å². The Morgan fingerprint density at radius 3 is 1.26 bits per heavy atom. The Kier molecular flexibility index (Phi) is 49.3. The lowest BCUT2D eigenvalue weighted by Crippen LogP contribution is -2.52. The number of likely N-dealkylation sites (N-methyl/N-ethyl adjacent to an activating group) is 4. The summed E-state index contributed by atoms with van der Waals surface area (Å²) in [5, 5.41) is 62.5. The Morgan fingerprint density at radius 2 is 0.867 bits per heavy atom. The SMILES string of the molecule is C.CN1CCC(C(=O)O)CC1.CN1CCC(CC(N)C(=O)O)CC1.CN1CCCOCC1.CN1CCCSCC1.CN1CCNC(C(=O)O)C1.CN1CCOC(C(=O)O)C1.CN1CCOC(C(=O)O)C1.CN1CCSC(C(=O)O)C1.CN1CCSC(C(=O)O)C1. The first kappa shape index (κ1) is 86.8. The maximum atomic E-state index is 10.5. The van der Waals surface area contributed by atoms with Crippen molar-refractivity contribution < 1.29 is 83.5 Å². The molecule has 6 atom stereocenters. The fourth-order valence-electron chi connectivity index (χ4n) is 9.53. The average molecular weight is 1350 g/mol. The lowest BCUT2D eigenvalue weighted by Gasteiger charge is -2.29. The third-order valence-electron chi connectivity index (χ3n) is 15.6. The van der Waals surface area contributed by atoms with Crippen LogP contribution in [0.25, 0.3) is 0 Å². The van der Waals surface area contributed by atoms with Gasteiger partial charge in [-0.25, -0.2) is 9.59 Å². The number of hydrogen-bond acceptors (Lipinski definition) is 24. The second kappa shape index (κ2) is 51.2. The van der Waals surface area contributed by atoms with Crippen LogP contribution in [-0.4, -0.2) is 394 Å². The van der Waals surface area contributed by atoms with Crippen molar-refractivity contribution in [2.24, 2.45) is 17.6 Å². The number of thioether (sulfide) groups is 3. The zero-order chi connectivity index (χ0) is 66.8. The van der Waals surface area contributed by atoms with Crippen LogP contribution in [0.15, 0.2) is 0 Å². The fourth-order valence-corrected chi connectivity index (χ4v) is 12.9. The Balaban J connectivity index is 0.000000991. The second-order valence-electron chi connectivity index (χ2n) is 23.8. The highest BCUT2D eigenvalue weighted by Crippen LogP contribution is 2.21. The molecule has 0 saturated carbocycles. The minimum absolute atomic E-state index is 0. The highest BCUT2D eigenvalue weighted by atomic mass is 32.2. The van der Waals surface area contributed by atoms with Crippen LogP contribution in [0.5, 0.6) is 0 Å². The number of carboxylic acid groups (broad SMARTS) is 7. The molecular weight excluding hydrogens is 1230 g/mol. The monoisotopic (exact) mass is 1350 g/mol. The molecule has 9 aliphatic heterocycles. The van der Waals surface area contributed by atoms with Crippen molar-refractivity contribution in [2.45, 2.75) is 87.2 Å². The number of morpholine rings is 2. The summed E-state index contributed by atoms with van der Waals surface area (Å²) >= 11 is 5.15. The van der Waals surface area contributed by atoms with Crippen LogP contribution in [0.3, 0.4) is 0 Å². The number of likely N-dealkylation sites (tertiary alicyclic amines) is 2. The summed E-state index contributed by atoms with van der Waals surface area (Å²) in [6.45, 7) is 20.1. The van der Waals surface area contributed by atoms with Crippen LogP contribution in [0.2, 0.25) is 0 Å². The number of nitrogens with zero attached hydrogens (tertiary/aromatic N) is 9. The maximum Gasteiger partial charge on any atom is 0.334 e. The molecule has 9 heterocycles. The molecule has 31 heteroatoms. The van der Waals surface area contributed by atoms with E-state index in [1.165, 1.54) is 67.5 Å². The lowest BCUT2D eigenvalue weighted by molar-refractivity contribution is -0.156. The van der Waals surface area contributed by atoms with E-state index in [2.05, 4.69) is 67.6 Å². The number of piperidine rings is 2. The largest absolute Gasteiger partial charge is 0.481 e. The number of piperazine rings is 1. The van der Waals surface area contributed by atoms with Crippen molar-refractivity contribution in [3.8, 4) is 0 Å². The number of nitrogens with one attached hydrogen (secondary N) is 1. The van der Waals surface area contributed by atoms with Crippen LogP contribution in [-0.2, 0) is 47.8 Å². The van der Waals surface area contributed by atoms with E-state index in [9.17, 15) is 33.6 Å². The molecule has 0 bridgehead atoms. The molecule has 0 aromatic heterocycles. The Hall–Kier alpha value is -3.22. The molecule has 0 spiro atoms. The van der Waals surface area contributed by atoms with Gasteiger partial charge in [-0.1, -0.05) is 7.43 Å². The van der Waals surface area contributed by atoms with E-state index >= 15 is 0 Å². The predicted molar refractivity (Wildman–Crippen MR) is 357 cm³/mol. The number of aliphatic carboxylic acids is 7. The van der Waals surface area contributed by atoms with Crippen molar-refractivity contribution in [1.82, 2.24) is 49.4 Å². The summed E-state index contributed by atoms with van der Waals surface area (Å²) in [5.41, 5.74) is 5.47. The molecule has 0 aliphatic carbocycles. The predicted octanol–water partition coefficient (Wildman–Crippen LogP) is 0.587. The topological polar surface area (TPSA) is 356 Å². The van der Waals surface area contributed by atoms with Crippen molar-refractivity contribution in [3.63, 3.8) is 0 Å². The molecule has 0 radical (unpaired) electrons. The van der Waals surface area contributed by atoms with Gasteiger partial charge < -0.3 is 105 Å². The first-order valence-electron chi connectivity index (χ1n) is 31.0. The van der Waals surface area contributed by atoms with Crippen molar-refractivity contribution in [2.75, 3.05) is 237 Å². The molecule has 28 nitrogen and oxygen atoms in total. The Morgan fingerprint density at radius 1 is 0.444 bits per heavy atom. The first-order valence-corrected chi connectivity index (χ1v) is 34.2. The fraction of sp³-hybridized carbons (Fsp3) is 0.881. The van der Waals surface area contributed by atoms with Gasteiger partial charge in [0.15, 0.2) is 12.2 Å². The molecule has 6 unspecified atom stereocenters. The standard InChI is InChI=1S/C9H18N2O2.C7H13NO2.C6H12N2O2.2C6H11NO3.2C6H11NO2S.C6H13NO.C6H13NS.CH4/c1-11-4-2-7(3-5-11)6-8(10)9(12)13;1-8-4-2-6(3-5-8)7(9)10;1-8-3-2-7-5(4-8)6(9)10;4*1-7-2-3-10-5(4-7)6(8)9;2*1-7-3-2-5-8-6-4-7;/h7-8H,2-6,10H2,1H3,(H,12,13);6H,2-5H2,1H3,(H,9,10);5,7H,2-4H2,1H3,(H,9,10);4*5H,2-4H2,1H3,(H,8,9);2*2-6H2,1H3;1H4. The second-order valence-corrected chi connectivity index (χ2v) is 27.7. The van der Waals surface area contributed by atoms with Gasteiger partial charge in [-0.2, -0.15) is 11.8 Å². The molecule has 10 N–H and O–H groups in total. The normalized spacial score (nSPS) is 26.0. The molecule has 9 aliphatic rings. The average Bonchev–Trinajstić information content (AvgIpc) is 3.64. The number of rotatable bonds is 9. The van der Waals surface area contributed by atoms with E-state index in [4.69, 9.17) is 55.7 Å². The Labute approximate surface area is 549 Å². The van der Waals surface area contributed by atoms with Gasteiger partial charge in [-0.15, -0.1) is 23.5 Å². The van der Waals surface area contributed by atoms with Gasteiger partial charge in [0, 0.05) is 115 Å². The number of ether oxygens (including phenoxy) is 3. The highest BCUT2D eigenvalue weighted by Gasteiger charge is 2.28. The molecule has 9 rings (SSSR count). The van der Waals surface area contributed by atoms with Gasteiger partial charge in [0.05, 0.1) is 25.7 Å². The van der Waals surface area contributed by atoms with Gasteiger partial charge in [-0.05, 0) is 153 Å². The van der Waals surface area contributed by atoms with Crippen molar-refractivity contribution in [3.05, 3.63) is 0 Å². The summed E-state index contributed by atoms with van der Waals surface area (Å²) in [5.74, 6) is -0.384. The molecule has 528 valence electrons. The van der Waals surface area contributed by atoms with Gasteiger partial charge in [0.1, 0.15) is 22.6 Å². The van der Waals surface area contributed by atoms with Crippen LogP contribution < -0.4 is 11.1 Å². The van der Waals surface area contributed by atoms with E-state index in [-0.39, 0.29) is 29.9 Å². The third kappa shape index (κ3) is 43.6.